The number of rotatable bonds is 0. The number of aromatic nitrogens is 1. The standard InChI is InChI=1S/C7H2F3IN2/c8-7(9,10)6-4(3-12)1-2-5(11)13-6/h1-2H. The molecule has 0 aromatic carbocycles. The van der Waals surface area contributed by atoms with Crippen LogP contribution in [0.4, 0.5) is 13.2 Å². The molecule has 1 heterocycles. The van der Waals surface area contributed by atoms with Crippen molar-refractivity contribution in [2.75, 3.05) is 0 Å². The minimum atomic E-state index is -4.56. The van der Waals surface area contributed by atoms with Gasteiger partial charge in [0, 0.05) is 0 Å². The number of hydrogen-bond donors (Lipinski definition) is 0. The first kappa shape index (κ1) is 10.2. The van der Waals surface area contributed by atoms with Crippen molar-refractivity contribution in [1.29, 1.82) is 5.26 Å². The van der Waals surface area contributed by atoms with Gasteiger partial charge in [0.25, 0.3) is 0 Å². The van der Waals surface area contributed by atoms with Crippen molar-refractivity contribution in [2.24, 2.45) is 0 Å². The molecular formula is C7H2F3IN2. The second kappa shape index (κ2) is 3.49. The fourth-order valence-corrected chi connectivity index (χ4v) is 1.16. The van der Waals surface area contributed by atoms with Crippen LogP contribution < -0.4 is 0 Å². The van der Waals surface area contributed by atoms with Gasteiger partial charge in [-0.25, -0.2) is 4.98 Å². The molecule has 0 atom stereocenters. The summed E-state index contributed by atoms with van der Waals surface area (Å²) in [6.07, 6.45) is -4.56. The molecule has 6 heteroatoms. The SMILES string of the molecule is N#Cc1ccc(I)nc1C(F)(F)F. The van der Waals surface area contributed by atoms with Crippen molar-refractivity contribution in [3.8, 4) is 6.07 Å². The van der Waals surface area contributed by atoms with Crippen molar-refractivity contribution in [3.63, 3.8) is 0 Å². The number of nitrogens with zero attached hydrogens (tertiary/aromatic N) is 2. The lowest BCUT2D eigenvalue weighted by molar-refractivity contribution is -0.141. The lowest BCUT2D eigenvalue weighted by Gasteiger charge is -2.06. The monoisotopic (exact) mass is 298 g/mol. The van der Waals surface area contributed by atoms with E-state index in [9.17, 15) is 13.2 Å². The highest BCUT2D eigenvalue weighted by Gasteiger charge is 2.35. The van der Waals surface area contributed by atoms with Gasteiger partial charge >= 0.3 is 6.18 Å². The van der Waals surface area contributed by atoms with E-state index in [1.807, 2.05) is 0 Å². The maximum absolute atomic E-state index is 12.2. The van der Waals surface area contributed by atoms with Gasteiger partial charge in [-0.3, -0.25) is 0 Å². The van der Waals surface area contributed by atoms with Gasteiger partial charge in [0.1, 0.15) is 9.77 Å². The van der Waals surface area contributed by atoms with E-state index in [0.717, 1.165) is 6.07 Å². The zero-order valence-corrected chi connectivity index (χ0v) is 8.22. The Kier molecular flexibility index (Phi) is 2.75. The molecule has 0 spiro atoms. The van der Waals surface area contributed by atoms with E-state index in [0.29, 0.717) is 0 Å². The summed E-state index contributed by atoms with van der Waals surface area (Å²) in [5.41, 5.74) is -1.57. The molecule has 2 nitrogen and oxygen atoms in total. The Morgan fingerprint density at radius 3 is 2.46 bits per heavy atom. The predicted molar refractivity (Wildman–Crippen MR) is 46.7 cm³/mol. The summed E-state index contributed by atoms with van der Waals surface area (Å²) in [5.74, 6) is 0. The van der Waals surface area contributed by atoms with E-state index in [4.69, 9.17) is 5.26 Å². The molecule has 0 amide bonds. The van der Waals surface area contributed by atoms with Crippen LogP contribution in [0.2, 0.25) is 0 Å². The van der Waals surface area contributed by atoms with Crippen LogP contribution in [0.25, 0.3) is 0 Å². The fraction of sp³-hybridized carbons (Fsp3) is 0.143. The normalized spacial score (nSPS) is 11.0. The molecule has 1 rings (SSSR count). The lowest BCUT2D eigenvalue weighted by Crippen LogP contribution is -2.11. The van der Waals surface area contributed by atoms with Crippen LogP contribution in [0.15, 0.2) is 12.1 Å². The highest BCUT2D eigenvalue weighted by molar-refractivity contribution is 14.1. The highest BCUT2D eigenvalue weighted by Crippen LogP contribution is 2.30. The second-order valence-corrected chi connectivity index (χ2v) is 3.24. The van der Waals surface area contributed by atoms with Gasteiger partial charge < -0.3 is 0 Å². The van der Waals surface area contributed by atoms with E-state index in [2.05, 4.69) is 4.98 Å². The van der Waals surface area contributed by atoms with Gasteiger partial charge in [0.2, 0.25) is 0 Å². The quantitative estimate of drug-likeness (QED) is 0.545. The van der Waals surface area contributed by atoms with Crippen LogP contribution in [0.1, 0.15) is 11.3 Å². The third-order valence-corrected chi connectivity index (χ3v) is 1.85. The summed E-state index contributed by atoms with van der Waals surface area (Å²) >= 11 is 1.66. The topological polar surface area (TPSA) is 36.7 Å². The summed E-state index contributed by atoms with van der Waals surface area (Å²) in [4.78, 5) is 3.25. The molecular weight excluding hydrogens is 296 g/mol. The number of hydrogen-bond acceptors (Lipinski definition) is 2. The van der Waals surface area contributed by atoms with E-state index in [1.54, 1.807) is 22.6 Å². The van der Waals surface area contributed by atoms with Gasteiger partial charge in [-0.1, -0.05) is 0 Å². The Balaban J connectivity index is 3.35. The van der Waals surface area contributed by atoms with E-state index in [1.165, 1.54) is 12.1 Å². The Morgan fingerprint density at radius 1 is 1.38 bits per heavy atom. The first-order chi connectivity index (χ1) is 5.95. The van der Waals surface area contributed by atoms with Crippen molar-refractivity contribution in [3.05, 3.63) is 27.1 Å². The Morgan fingerprint density at radius 2 is 2.00 bits per heavy atom. The van der Waals surface area contributed by atoms with E-state index < -0.39 is 17.4 Å². The van der Waals surface area contributed by atoms with Crippen LogP contribution in [-0.2, 0) is 6.18 Å². The first-order valence-electron chi connectivity index (χ1n) is 3.09. The number of nitriles is 1. The molecule has 68 valence electrons. The number of halogens is 4. The van der Waals surface area contributed by atoms with Crippen LogP contribution in [0.3, 0.4) is 0 Å². The van der Waals surface area contributed by atoms with Crippen LogP contribution in [0.5, 0.6) is 0 Å². The van der Waals surface area contributed by atoms with E-state index >= 15 is 0 Å². The Labute approximate surface area is 85.5 Å². The smallest absolute Gasteiger partial charge is 0.236 e. The van der Waals surface area contributed by atoms with Gasteiger partial charge in [0.05, 0.1) is 5.56 Å². The van der Waals surface area contributed by atoms with Crippen LogP contribution in [0, 0.1) is 15.0 Å². The molecule has 0 aliphatic heterocycles. The third kappa shape index (κ3) is 2.30. The van der Waals surface area contributed by atoms with Crippen LogP contribution >= 0.6 is 22.6 Å². The van der Waals surface area contributed by atoms with Crippen molar-refractivity contribution in [2.45, 2.75) is 6.18 Å². The minimum absolute atomic E-state index is 0.212. The molecule has 1 aromatic heterocycles. The molecule has 0 fully saturated rings. The zero-order valence-electron chi connectivity index (χ0n) is 6.06. The molecule has 0 saturated carbocycles. The Hall–Kier alpha value is -0.840. The lowest BCUT2D eigenvalue weighted by atomic mass is 10.2. The van der Waals surface area contributed by atoms with E-state index in [-0.39, 0.29) is 3.70 Å². The zero-order chi connectivity index (χ0) is 10.1. The molecule has 0 aliphatic rings. The average molecular weight is 298 g/mol. The average Bonchev–Trinajstić information content (AvgIpc) is 2.03. The summed E-state index contributed by atoms with van der Waals surface area (Å²) in [7, 11) is 0. The molecule has 0 bridgehead atoms. The summed E-state index contributed by atoms with van der Waals surface area (Å²) < 4.78 is 36.8. The summed E-state index contributed by atoms with van der Waals surface area (Å²) in [5, 5.41) is 8.38. The predicted octanol–water partition coefficient (Wildman–Crippen LogP) is 2.58. The third-order valence-electron chi connectivity index (χ3n) is 1.25. The molecule has 1 aromatic rings. The first-order valence-corrected chi connectivity index (χ1v) is 4.17. The highest BCUT2D eigenvalue weighted by atomic mass is 127. The molecule has 0 saturated heterocycles. The van der Waals surface area contributed by atoms with Crippen LogP contribution in [-0.4, -0.2) is 4.98 Å². The van der Waals surface area contributed by atoms with Gasteiger partial charge in [-0.2, -0.15) is 18.4 Å². The maximum Gasteiger partial charge on any atom is 0.434 e. The van der Waals surface area contributed by atoms with Gasteiger partial charge in [-0.15, -0.1) is 0 Å². The van der Waals surface area contributed by atoms with Crippen molar-refractivity contribution in [1.82, 2.24) is 4.98 Å². The molecule has 0 radical (unpaired) electrons. The Bertz CT molecular complexity index is 367. The second-order valence-electron chi connectivity index (χ2n) is 2.14. The molecule has 0 unspecified atom stereocenters. The molecule has 0 aliphatic carbocycles. The summed E-state index contributed by atoms with van der Waals surface area (Å²) in [6.45, 7) is 0. The maximum atomic E-state index is 12.2. The molecule has 13 heavy (non-hydrogen) atoms. The van der Waals surface area contributed by atoms with Crippen molar-refractivity contribution >= 4 is 22.6 Å². The fourth-order valence-electron chi connectivity index (χ4n) is 0.742. The van der Waals surface area contributed by atoms with Gasteiger partial charge in [-0.05, 0) is 34.7 Å². The number of alkyl halides is 3. The largest absolute Gasteiger partial charge is 0.434 e. The molecule has 0 N–H and O–H groups in total. The minimum Gasteiger partial charge on any atom is -0.236 e. The number of pyridine rings is 1. The summed E-state index contributed by atoms with van der Waals surface area (Å²) in [6, 6.07) is 3.91. The van der Waals surface area contributed by atoms with Gasteiger partial charge in [0.15, 0.2) is 5.69 Å². The van der Waals surface area contributed by atoms with Crippen molar-refractivity contribution < 1.29 is 13.2 Å².